The monoisotopic (exact) mass is 328 g/mol. The van der Waals surface area contributed by atoms with Crippen LogP contribution in [0.2, 0.25) is 5.02 Å². The van der Waals surface area contributed by atoms with Gasteiger partial charge in [0, 0.05) is 29.9 Å². The standard InChI is InChI=1S/C16H17ClN6/c17-11-3-5-23-14(9-20-16(23)6-11)13-8-19-10-15(22-13)21-12-2-1-4-18-7-12/h3,5-6,8-10,12,18H,1-2,4,7H2,(H,21,22)/t12-/m1/s1. The molecule has 0 aromatic carbocycles. The normalized spacial score (nSPS) is 18.2. The lowest BCUT2D eigenvalue weighted by Crippen LogP contribution is -2.38. The fraction of sp³-hybridized carbons (Fsp3) is 0.312. The number of anilines is 1. The first-order valence-electron chi connectivity index (χ1n) is 7.72. The molecule has 0 spiro atoms. The average Bonchev–Trinajstić information content (AvgIpc) is 2.99. The van der Waals surface area contributed by atoms with Crippen molar-refractivity contribution in [2.75, 3.05) is 18.4 Å². The first kappa shape index (κ1) is 14.4. The Balaban J connectivity index is 1.64. The summed E-state index contributed by atoms with van der Waals surface area (Å²) >= 11 is 6.01. The third-order valence-electron chi connectivity index (χ3n) is 4.02. The van der Waals surface area contributed by atoms with Gasteiger partial charge in [-0.25, -0.2) is 9.97 Å². The van der Waals surface area contributed by atoms with E-state index in [1.165, 1.54) is 6.42 Å². The fourth-order valence-electron chi connectivity index (χ4n) is 2.89. The van der Waals surface area contributed by atoms with Crippen LogP contribution in [-0.4, -0.2) is 38.5 Å². The summed E-state index contributed by atoms with van der Waals surface area (Å²) in [5.74, 6) is 0.792. The highest BCUT2D eigenvalue weighted by Gasteiger charge is 2.14. The second kappa shape index (κ2) is 6.14. The Morgan fingerprint density at radius 3 is 3.13 bits per heavy atom. The van der Waals surface area contributed by atoms with Crippen LogP contribution in [0.4, 0.5) is 5.82 Å². The predicted octanol–water partition coefficient (Wildman–Crippen LogP) is 2.61. The summed E-state index contributed by atoms with van der Waals surface area (Å²) in [6.45, 7) is 2.05. The Labute approximate surface area is 138 Å². The molecule has 3 aromatic rings. The first-order chi connectivity index (χ1) is 11.3. The Kier molecular flexibility index (Phi) is 3.85. The molecule has 0 saturated carbocycles. The van der Waals surface area contributed by atoms with E-state index in [0.717, 1.165) is 42.4 Å². The lowest BCUT2D eigenvalue weighted by molar-refractivity contribution is 0.479. The van der Waals surface area contributed by atoms with Crippen LogP contribution in [0.15, 0.2) is 36.9 Å². The van der Waals surface area contributed by atoms with Gasteiger partial charge in [0.1, 0.15) is 17.2 Å². The van der Waals surface area contributed by atoms with Crippen molar-refractivity contribution in [3.05, 3.63) is 41.9 Å². The number of hydrogen-bond donors (Lipinski definition) is 2. The first-order valence-corrected chi connectivity index (χ1v) is 8.10. The van der Waals surface area contributed by atoms with E-state index in [-0.39, 0.29) is 0 Å². The van der Waals surface area contributed by atoms with Crippen molar-refractivity contribution >= 4 is 23.1 Å². The molecule has 3 aromatic heterocycles. The van der Waals surface area contributed by atoms with Gasteiger partial charge in [0.15, 0.2) is 0 Å². The van der Waals surface area contributed by atoms with Crippen LogP contribution < -0.4 is 10.6 Å². The van der Waals surface area contributed by atoms with Crippen molar-refractivity contribution < 1.29 is 0 Å². The van der Waals surface area contributed by atoms with Gasteiger partial charge in [-0.2, -0.15) is 0 Å². The number of aromatic nitrogens is 4. The van der Waals surface area contributed by atoms with Gasteiger partial charge in [0.25, 0.3) is 0 Å². The molecule has 4 rings (SSSR count). The van der Waals surface area contributed by atoms with Crippen molar-refractivity contribution in [1.82, 2.24) is 24.7 Å². The smallest absolute Gasteiger partial charge is 0.145 e. The molecule has 0 aliphatic carbocycles. The maximum absolute atomic E-state index is 6.01. The zero-order chi connectivity index (χ0) is 15.6. The second-order valence-electron chi connectivity index (χ2n) is 5.69. The number of halogens is 1. The number of nitrogens with zero attached hydrogens (tertiary/aromatic N) is 4. The maximum Gasteiger partial charge on any atom is 0.145 e. The molecule has 0 bridgehead atoms. The number of piperidine rings is 1. The summed E-state index contributed by atoms with van der Waals surface area (Å²) in [5.41, 5.74) is 2.48. The van der Waals surface area contributed by atoms with E-state index in [1.54, 1.807) is 18.6 Å². The van der Waals surface area contributed by atoms with Crippen LogP contribution >= 0.6 is 11.6 Å². The Morgan fingerprint density at radius 2 is 2.26 bits per heavy atom. The number of imidazole rings is 1. The molecule has 2 N–H and O–H groups in total. The quantitative estimate of drug-likeness (QED) is 0.773. The van der Waals surface area contributed by atoms with Crippen LogP contribution in [0.5, 0.6) is 0 Å². The molecule has 0 amide bonds. The van der Waals surface area contributed by atoms with Crippen molar-refractivity contribution in [2.45, 2.75) is 18.9 Å². The van der Waals surface area contributed by atoms with Crippen LogP contribution in [0.3, 0.4) is 0 Å². The van der Waals surface area contributed by atoms with Crippen LogP contribution in [-0.2, 0) is 0 Å². The van der Waals surface area contributed by atoms with Gasteiger partial charge < -0.3 is 10.6 Å². The van der Waals surface area contributed by atoms with Crippen molar-refractivity contribution in [2.24, 2.45) is 0 Å². The molecule has 118 valence electrons. The Bertz CT molecular complexity index is 824. The van der Waals surface area contributed by atoms with Crippen LogP contribution in [0, 0.1) is 0 Å². The highest BCUT2D eigenvalue weighted by Crippen LogP contribution is 2.21. The molecule has 1 saturated heterocycles. The minimum Gasteiger partial charge on any atom is -0.365 e. The lowest BCUT2D eigenvalue weighted by atomic mass is 10.1. The van der Waals surface area contributed by atoms with Gasteiger partial charge in [0.05, 0.1) is 24.3 Å². The highest BCUT2D eigenvalue weighted by molar-refractivity contribution is 6.30. The average molecular weight is 329 g/mol. The number of fused-ring (bicyclic) bond motifs is 1. The predicted molar refractivity (Wildman–Crippen MR) is 90.7 cm³/mol. The molecule has 6 nitrogen and oxygen atoms in total. The number of nitrogens with one attached hydrogen (secondary N) is 2. The van der Waals surface area contributed by atoms with E-state index in [0.29, 0.717) is 11.1 Å². The van der Waals surface area contributed by atoms with Gasteiger partial charge in [0.2, 0.25) is 0 Å². The maximum atomic E-state index is 6.01. The summed E-state index contributed by atoms with van der Waals surface area (Å²) in [6, 6.07) is 4.06. The molecule has 23 heavy (non-hydrogen) atoms. The second-order valence-corrected chi connectivity index (χ2v) is 6.13. The minimum absolute atomic E-state index is 0.397. The summed E-state index contributed by atoms with van der Waals surface area (Å²) < 4.78 is 1.96. The van der Waals surface area contributed by atoms with Crippen molar-refractivity contribution in [3.8, 4) is 11.4 Å². The van der Waals surface area contributed by atoms with Gasteiger partial charge in [-0.3, -0.25) is 9.38 Å². The van der Waals surface area contributed by atoms with E-state index in [4.69, 9.17) is 11.6 Å². The number of pyridine rings is 1. The zero-order valence-electron chi connectivity index (χ0n) is 12.5. The molecule has 1 aliphatic heterocycles. The zero-order valence-corrected chi connectivity index (χ0v) is 13.3. The third-order valence-corrected chi connectivity index (χ3v) is 4.26. The number of rotatable bonds is 3. The number of hydrogen-bond acceptors (Lipinski definition) is 5. The lowest BCUT2D eigenvalue weighted by Gasteiger charge is -2.24. The Hall–Kier alpha value is -2.18. The highest BCUT2D eigenvalue weighted by atomic mass is 35.5. The van der Waals surface area contributed by atoms with Gasteiger partial charge in [-0.15, -0.1) is 0 Å². The molecule has 1 fully saturated rings. The van der Waals surface area contributed by atoms with Gasteiger partial charge in [-0.1, -0.05) is 11.6 Å². The Morgan fingerprint density at radius 1 is 1.30 bits per heavy atom. The minimum atomic E-state index is 0.397. The largest absolute Gasteiger partial charge is 0.365 e. The van der Waals surface area contributed by atoms with E-state index in [1.807, 2.05) is 22.7 Å². The van der Waals surface area contributed by atoms with E-state index in [2.05, 4.69) is 25.6 Å². The van der Waals surface area contributed by atoms with Gasteiger partial charge in [-0.05, 0) is 25.5 Å². The van der Waals surface area contributed by atoms with Crippen LogP contribution in [0.25, 0.3) is 17.0 Å². The molecular formula is C16H17ClN6. The van der Waals surface area contributed by atoms with E-state index in [9.17, 15) is 0 Å². The van der Waals surface area contributed by atoms with Crippen LogP contribution in [0.1, 0.15) is 12.8 Å². The summed E-state index contributed by atoms with van der Waals surface area (Å²) in [5, 5.41) is 7.51. The van der Waals surface area contributed by atoms with E-state index >= 15 is 0 Å². The van der Waals surface area contributed by atoms with Gasteiger partial charge >= 0.3 is 0 Å². The van der Waals surface area contributed by atoms with E-state index < -0.39 is 0 Å². The topological polar surface area (TPSA) is 67.1 Å². The molecule has 1 atom stereocenters. The molecule has 0 unspecified atom stereocenters. The molecule has 0 radical (unpaired) electrons. The molecule has 1 aliphatic rings. The third kappa shape index (κ3) is 3.00. The van der Waals surface area contributed by atoms with Crippen molar-refractivity contribution in [1.29, 1.82) is 0 Å². The summed E-state index contributed by atoms with van der Waals surface area (Å²) in [4.78, 5) is 13.4. The fourth-order valence-corrected chi connectivity index (χ4v) is 3.04. The molecular weight excluding hydrogens is 312 g/mol. The molecule has 4 heterocycles. The SMILES string of the molecule is Clc1ccn2c(-c3cncc(N[C@@H]4CCCNC4)n3)cnc2c1. The summed E-state index contributed by atoms with van der Waals surface area (Å²) in [6.07, 6.45) is 9.53. The molecule has 7 heteroatoms. The van der Waals surface area contributed by atoms with Crippen molar-refractivity contribution in [3.63, 3.8) is 0 Å². The summed E-state index contributed by atoms with van der Waals surface area (Å²) in [7, 11) is 0.